The van der Waals surface area contributed by atoms with Crippen LogP contribution < -0.4 is 27.2 Å². The Labute approximate surface area is 301 Å². The van der Waals surface area contributed by atoms with E-state index in [0.29, 0.717) is 49.5 Å². The van der Waals surface area contributed by atoms with Gasteiger partial charge in [0.05, 0.1) is 22.8 Å². The molecule has 2 fully saturated rings. The lowest BCUT2D eigenvalue weighted by atomic mass is 9.91. The predicted molar refractivity (Wildman–Crippen MR) is 188 cm³/mol. The number of nitrogens with one attached hydrogen (secondary N) is 2. The van der Waals surface area contributed by atoms with Gasteiger partial charge in [-0.05, 0) is 94.0 Å². The Morgan fingerprint density at radius 3 is 2.58 bits per heavy atom. The second-order valence-electron chi connectivity index (χ2n) is 14.0. The van der Waals surface area contributed by atoms with Gasteiger partial charge in [-0.15, -0.1) is 0 Å². The molecule has 0 amide bonds. The molecular weight excluding hydrogens is 707 g/mol. The maximum absolute atomic E-state index is 15.5. The van der Waals surface area contributed by atoms with E-state index >= 15 is 4.39 Å². The highest BCUT2D eigenvalue weighted by Crippen LogP contribution is 2.39. The molecule has 1 saturated heterocycles. The van der Waals surface area contributed by atoms with Crippen LogP contribution in [0, 0.1) is 11.7 Å². The number of ether oxygens (including phenoxy) is 1. The monoisotopic (exact) mass is 749 g/mol. The number of halogens is 7. The van der Waals surface area contributed by atoms with E-state index in [9.17, 15) is 31.1 Å². The number of piperidine rings is 1. The highest BCUT2D eigenvalue weighted by atomic mass is 19.4. The van der Waals surface area contributed by atoms with E-state index < -0.39 is 36.0 Å². The summed E-state index contributed by atoms with van der Waals surface area (Å²) in [6.45, 7) is 2.18. The second kappa shape index (κ2) is 15.9. The third-order valence-electron chi connectivity index (χ3n) is 9.88. The van der Waals surface area contributed by atoms with Crippen LogP contribution in [0.1, 0.15) is 81.0 Å². The lowest BCUT2D eigenvalue weighted by Crippen LogP contribution is -2.37. The first-order valence-electron chi connectivity index (χ1n) is 17.7. The lowest BCUT2D eigenvalue weighted by molar-refractivity contribution is -0.140. The van der Waals surface area contributed by atoms with Crippen LogP contribution in [0.5, 0.6) is 5.75 Å². The number of benzene rings is 2. The fraction of sp³-hybridized carbons (Fsp3) is 0.486. The van der Waals surface area contributed by atoms with Gasteiger partial charge in [-0.2, -0.15) is 22.5 Å². The zero-order chi connectivity index (χ0) is 38.0. The molecule has 286 valence electrons. The standard InChI is InChI=1S/C37H42F7N7O2/c1-19(45)47-13-12-23-5-3-7-29(48-23)25-11-10-24(17-31(25)53-34(41)33(39)40)51-18-22-16-30(49-35(22)50-36(51)52)26-14-20(4-2-6-28(46)21-8-9-21)15-27(32(26)38)37(42,43)44/h10-11,14-18,21,23,28-29,33-34,48H,2-9,12-13,46H2,1H3,(H2,45,47)(H,49,50,52)/t23-,28+,29-,34?/m0/s1. The smallest absolute Gasteiger partial charge is 0.419 e. The summed E-state index contributed by atoms with van der Waals surface area (Å²) >= 11 is 0. The van der Waals surface area contributed by atoms with Crippen molar-refractivity contribution in [1.82, 2.24) is 19.9 Å². The molecule has 2 aliphatic rings. The number of aryl methyl sites for hydroxylation is 1. The van der Waals surface area contributed by atoms with Crippen molar-refractivity contribution < 1.29 is 35.5 Å². The maximum Gasteiger partial charge on any atom is 0.419 e. The maximum atomic E-state index is 15.5. The second-order valence-corrected chi connectivity index (χ2v) is 14.0. The van der Waals surface area contributed by atoms with Gasteiger partial charge >= 0.3 is 18.3 Å². The molecule has 1 unspecified atom stereocenters. The van der Waals surface area contributed by atoms with Gasteiger partial charge < -0.3 is 26.5 Å². The van der Waals surface area contributed by atoms with E-state index in [1.54, 1.807) is 13.0 Å². The highest BCUT2D eigenvalue weighted by Gasteiger charge is 2.36. The van der Waals surface area contributed by atoms with E-state index in [1.165, 1.54) is 30.5 Å². The van der Waals surface area contributed by atoms with Gasteiger partial charge in [0.1, 0.15) is 17.2 Å². The lowest BCUT2D eigenvalue weighted by Gasteiger charge is -2.32. The summed E-state index contributed by atoms with van der Waals surface area (Å²) in [5, 5.41) is 3.69. The Hall–Kier alpha value is -4.44. The van der Waals surface area contributed by atoms with E-state index in [4.69, 9.17) is 16.2 Å². The minimum absolute atomic E-state index is 0.0174. The fourth-order valence-corrected chi connectivity index (χ4v) is 6.98. The van der Waals surface area contributed by atoms with Crippen molar-refractivity contribution in [1.29, 1.82) is 0 Å². The zero-order valence-electron chi connectivity index (χ0n) is 29.0. The molecule has 1 aliphatic heterocycles. The molecule has 3 heterocycles. The van der Waals surface area contributed by atoms with Crippen molar-refractivity contribution in [2.24, 2.45) is 22.4 Å². The SMILES string of the molecule is CC(N)=NCC[C@@H]1CCC[C@@H](c2ccc(-n3cc4cc(-c5cc(CCC[C@@H](N)C6CC6)cc(C(F)(F)F)c5F)[nH]c4nc3=O)cc2OC(F)C(F)F)N1. The number of rotatable bonds is 14. The zero-order valence-corrected chi connectivity index (χ0v) is 29.0. The van der Waals surface area contributed by atoms with Crippen molar-refractivity contribution in [3.63, 3.8) is 0 Å². The van der Waals surface area contributed by atoms with E-state index in [-0.39, 0.29) is 63.8 Å². The van der Waals surface area contributed by atoms with Crippen molar-refractivity contribution in [3.8, 4) is 22.7 Å². The Kier molecular flexibility index (Phi) is 11.5. The van der Waals surface area contributed by atoms with E-state index in [0.717, 1.165) is 36.3 Å². The number of nitrogens with zero attached hydrogens (tertiary/aromatic N) is 3. The normalized spacial score (nSPS) is 19.5. The average Bonchev–Trinajstić information content (AvgIpc) is 3.88. The van der Waals surface area contributed by atoms with Crippen LogP contribution in [0.4, 0.5) is 30.7 Å². The molecular formula is C37H42F7N7O2. The van der Waals surface area contributed by atoms with E-state index in [1.807, 2.05) is 0 Å². The van der Waals surface area contributed by atoms with Gasteiger partial charge in [0.25, 0.3) is 6.36 Å². The van der Waals surface area contributed by atoms with Crippen molar-refractivity contribution in [3.05, 3.63) is 75.6 Å². The molecule has 9 nitrogen and oxygen atoms in total. The first-order valence-corrected chi connectivity index (χ1v) is 17.7. The number of hydrogen-bond donors (Lipinski definition) is 4. The summed E-state index contributed by atoms with van der Waals surface area (Å²) < 4.78 is 105. The number of fused-ring (bicyclic) bond motifs is 1. The van der Waals surface area contributed by atoms with Crippen LogP contribution in [-0.2, 0) is 12.6 Å². The third-order valence-corrected chi connectivity index (χ3v) is 9.88. The van der Waals surface area contributed by atoms with Crippen molar-refractivity contribution in [2.45, 2.75) is 102 Å². The summed E-state index contributed by atoms with van der Waals surface area (Å²) in [4.78, 5) is 24.3. The Morgan fingerprint density at radius 1 is 1.11 bits per heavy atom. The number of aromatic nitrogens is 3. The summed E-state index contributed by atoms with van der Waals surface area (Å²) in [5.74, 6) is -0.791. The topological polar surface area (TPSA) is 136 Å². The number of H-pyrrole nitrogens is 1. The molecule has 6 N–H and O–H groups in total. The van der Waals surface area contributed by atoms with Gasteiger partial charge in [0.15, 0.2) is 0 Å². The highest BCUT2D eigenvalue weighted by molar-refractivity contribution is 5.83. The molecule has 2 aromatic carbocycles. The number of aliphatic imine (C=N–C) groups is 1. The molecule has 4 atom stereocenters. The molecule has 53 heavy (non-hydrogen) atoms. The Bertz CT molecular complexity index is 2000. The van der Waals surface area contributed by atoms with Gasteiger partial charge in [0.2, 0.25) is 0 Å². The summed E-state index contributed by atoms with van der Waals surface area (Å²) in [6.07, 6.45) is -3.61. The molecule has 16 heteroatoms. The third kappa shape index (κ3) is 9.21. The minimum Gasteiger partial charge on any atom is -0.454 e. The van der Waals surface area contributed by atoms with Crippen molar-refractivity contribution in [2.75, 3.05) is 6.54 Å². The molecule has 1 aliphatic carbocycles. The average molecular weight is 750 g/mol. The Morgan fingerprint density at radius 2 is 1.89 bits per heavy atom. The molecule has 0 radical (unpaired) electrons. The van der Waals surface area contributed by atoms with Crippen LogP contribution >= 0.6 is 0 Å². The first-order chi connectivity index (χ1) is 25.2. The number of alkyl halides is 6. The molecule has 4 aromatic rings. The number of aromatic amines is 1. The van der Waals surface area contributed by atoms with Gasteiger partial charge in [0, 0.05) is 53.4 Å². The summed E-state index contributed by atoms with van der Waals surface area (Å²) in [7, 11) is 0. The number of hydrogen-bond acceptors (Lipinski definition) is 6. The number of amidine groups is 1. The van der Waals surface area contributed by atoms with E-state index in [2.05, 4.69) is 20.3 Å². The van der Waals surface area contributed by atoms with Crippen LogP contribution in [0.3, 0.4) is 0 Å². The van der Waals surface area contributed by atoms with Gasteiger partial charge in [-0.25, -0.2) is 18.0 Å². The molecule has 6 rings (SSSR count). The van der Waals surface area contributed by atoms with Gasteiger partial charge in [-0.3, -0.25) is 9.56 Å². The van der Waals surface area contributed by atoms with Crippen LogP contribution in [-0.4, -0.2) is 51.8 Å². The summed E-state index contributed by atoms with van der Waals surface area (Å²) in [5.41, 5.74) is 9.94. The molecule has 0 bridgehead atoms. The Balaban J connectivity index is 1.32. The molecule has 0 spiro atoms. The molecule has 1 saturated carbocycles. The quantitative estimate of drug-likeness (QED) is 0.0600. The van der Waals surface area contributed by atoms with Crippen LogP contribution in [0.15, 0.2) is 52.4 Å². The predicted octanol–water partition coefficient (Wildman–Crippen LogP) is 7.49. The van der Waals surface area contributed by atoms with Crippen LogP contribution in [0.2, 0.25) is 0 Å². The van der Waals surface area contributed by atoms with Crippen molar-refractivity contribution >= 4 is 16.9 Å². The van der Waals surface area contributed by atoms with Gasteiger partial charge in [-0.1, -0.05) is 12.5 Å². The fourth-order valence-electron chi connectivity index (χ4n) is 6.98. The first kappa shape index (κ1) is 38.3. The van der Waals surface area contributed by atoms with Crippen LogP contribution in [0.25, 0.3) is 28.0 Å². The number of nitrogens with two attached hydrogens (primary N) is 2. The summed E-state index contributed by atoms with van der Waals surface area (Å²) in [6, 6.07) is 7.49. The largest absolute Gasteiger partial charge is 0.454 e. The molecule has 2 aromatic heterocycles. The minimum atomic E-state index is -4.96.